The summed E-state index contributed by atoms with van der Waals surface area (Å²) in [6.45, 7) is 14.2. The molecule has 0 amide bonds. The number of carbonyl (C=O) groups is 4. The lowest BCUT2D eigenvalue weighted by Gasteiger charge is -2.21. The average Bonchev–Trinajstić information content (AvgIpc) is 1.54. The monoisotopic (exact) mass is 1400 g/mol. The zero-order chi connectivity index (χ0) is 70.3. The zero-order valence-electron chi connectivity index (χ0n) is 62.3. The molecular formula is C76H148O17P2. The van der Waals surface area contributed by atoms with Crippen LogP contribution in [-0.2, 0) is 65.4 Å². The van der Waals surface area contributed by atoms with E-state index in [1.807, 2.05) is 0 Å². The second-order valence-electron chi connectivity index (χ2n) is 28.8. The molecule has 0 bridgehead atoms. The maximum absolute atomic E-state index is 13.1. The first-order valence-corrected chi connectivity index (χ1v) is 42.3. The second kappa shape index (κ2) is 65.4. The Morgan fingerprint density at radius 1 is 0.295 bits per heavy atom. The van der Waals surface area contributed by atoms with Crippen LogP contribution in [0, 0.1) is 23.7 Å². The quantitative estimate of drug-likeness (QED) is 0.0222. The molecule has 5 unspecified atom stereocenters. The highest BCUT2D eigenvalue weighted by molar-refractivity contribution is 7.47. The minimum absolute atomic E-state index is 0.102. The molecule has 0 heterocycles. The fourth-order valence-corrected chi connectivity index (χ4v) is 13.1. The molecule has 0 radical (unpaired) electrons. The van der Waals surface area contributed by atoms with Crippen molar-refractivity contribution in [1.29, 1.82) is 0 Å². The topological polar surface area (TPSA) is 237 Å². The molecule has 3 N–H and O–H groups in total. The molecule has 0 fully saturated rings. The number of rotatable bonds is 73. The highest BCUT2D eigenvalue weighted by Crippen LogP contribution is 2.45. The van der Waals surface area contributed by atoms with E-state index in [2.05, 4.69) is 55.4 Å². The van der Waals surface area contributed by atoms with Gasteiger partial charge in [0.25, 0.3) is 0 Å². The van der Waals surface area contributed by atoms with Crippen molar-refractivity contribution in [3.63, 3.8) is 0 Å². The largest absolute Gasteiger partial charge is 0.472 e. The van der Waals surface area contributed by atoms with E-state index >= 15 is 0 Å². The lowest BCUT2D eigenvalue weighted by atomic mass is 9.99. The predicted molar refractivity (Wildman–Crippen MR) is 386 cm³/mol. The fourth-order valence-electron chi connectivity index (χ4n) is 11.5. The van der Waals surface area contributed by atoms with Crippen molar-refractivity contribution in [3.8, 4) is 0 Å². The molecule has 95 heavy (non-hydrogen) atoms. The Morgan fingerprint density at radius 2 is 0.505 bits per heavy atom. The standard InChI is InChI=1S/C76H148O17P2/c1-9-68(7)54-46-38-30-24-21-22-25-31-40-48-56-73(78)86-63-72(93-76(81)59-51-43-35-34-39-47-55-69(8)10-2)65-91-95(84,85)89-61-70(77)60-88-94(82,83)90-64-71(62-87-74(79)57-49-41-33-27-29-37-45-53-67(5)6)92-75(80)58-50-42-32-26-20-18-16-14-12-11-13-15-17-19-23-28-36-44-52-66(3)4/h66-72,77H,9-65H2,1-8H3,(H,82,83)(H,84,85)/t68?,69?,70?,71-,72-/m1/s1. The van der Waals surface area contributed by atoms with Gasteiger partial charge in [0.15, 0.2) is 12.2 Å². The molecule has 0 aliphatic carbocycles. The van der Waals surface area contributed by atoms with Crippen molar-refractivity contribution in [3.05, 3.63) is 0 Å². The Bertz CT molecular complexity index is 1870. The second-order valence-corrected chi connectivity index (χ2v) is 31.7. The normalized spacial score (nSPS) is 14.7. The number of ether oxygens (including phenoxy) is 4. The molecule has 564 valence electrons. The average molecular weight is 1400 g/mol. The van der Waals surface area contributed by atoms with Gasteiger partial charge >= 0.3 is 39.5 Å². The van der Waals surface area contributed by atoms with E-state index in [0.717, 1.165) is 114 Å². The number of aliphatic hydroxyl groups excluding tert-OH is 1. The van der Waals surface area contributed by atoms with Gasteiger partial charge in [-0.3, -0.25) is 37.3 Å². The third-order valence-electron chi connectivity index (χ3n) is 18.3. The van der Waals surface area contributed by atoms with Crippen LogP contribution in [0.4, 0.5) is 0 Å². The molecule has 0 aromatic rings. The SMILES string of the molecule is CCC(C)CCCCCCCCCCCCC(=O)OC[C@H](COP(=O)(O)OCC(O)COP(=O)(O)OC[C@@H](COC(=O)CCCCCCCCCC(C)C)OC(=O)CCCCCCCCCCCCCCCCCCCCC(C)C)OC(=O)CCCCCCCCC(C)CC. The number of phosphoric acid groups is 2. The Labute approximate surface area is 581 Å². The first kappa shape index (κ1) is 93.1. The van der Waals surface area contributed by atoms with Gasteiger partial charge in [-0.05, 0) is 49.4 Å². The Hall–Kier alpha value is -1.94. The number of unbranched alkanes of at least 4 members (excludes halogenated alkanes) is 37. The molecule has 17 nitrogen and oxygen atoms in total. The van der Waals surface area contributed by atoms with Crippen LogP contribution in [0.15, 0.2) is 0 Å². The van der Waals surface area contributed by atoms with E-state index in [-0.39, 0.29) is 25.7 Å². The summed E-state index contributed by atoms with van der Waals surface area (Å²) in [4.78, 5) is 72.7. The summed E-state index contributed by atoms with van der Waals surface area (Å²) in [5.41, 5.74) is 0. The van der Waals surface area contributed by atoms with Gasteiger partial charge in [-0.1, -0.05) is 331 Å². The van der Waals surface area contributed by atoms with E-state index in [0.29, 0.717) is 31.6 Å². The molecule has 0 aromatic heterocycles. The van der Waals surface area contributed by atoms with Gasteiger partial charge in [0.1, 0.15) is 19.3 Å². The summed E-state index contributed by atoms with van der Waals surface area (Å²) in [5, 5.41) is 10.6. The summed E-state index contributed by atoms with van der Waals surface area (Å²) in [6, 6.07) is 0. The number of phosphoric ester groups is 2. The van der Waals surface area contributed by atoms with Crippen LogP contribution >= 0.6 is 15.6 Å². The van der Waals surface area contributed by atoms with Crippen LogP contribution in [0.3, 0.4) is 0 Å². The van der Waals surface area contributed by atoms with Crippen molar-refractivity contribution in [2.45, 2.75) is 401 Å². The van der Waals surface area contributed by atoms with Crippen LogP contribution in [0.2, 0.25) is 0 Å². The number of hydrogen-bond donors (Lipinski definition) is 3. The molecular weight excluding hydrogens is 1250 g/mol. The molecule has 0 rings (SSSR count). The fraction of sp³-hybridized carbons (Fsp3) is 0.947. The van der Waals surface area contributed by atoms with E-state index < -0.39 is 97.5 Å². The summed E-state index contributed by atoms with van der Waals surface area (Å²) in [7, 11) is -9.91. The predicted octanol–water partition coefficient (Wildman–Crippen LogP) is 22.0. The number of hydrogen-bond acceptors (Lipinski definition) is 15. The Balaban J connectivity index is 5.17. The van der Waals surface area contributed by atoms with Crippen LogP contribution in [-0.4, -0.2) is 96.7 Å². The van der Waals surface area contributed by atoms with E-state index in [1.165, 1.54) is 180 Å². The summed E-state index contributed by atoms with van der Waals surface area (Å²) >= 11 is 0. The van der Waals surface area contributed by atoms with Crippen molar-refractivity contribution < 1.29 is 80.2 Å². The van der Waals surface area contributed by atoms with Crippen LogP contribution < -0.4 is 0 Å². The molecule has 7 atom stereocenters. The Morgan fingerprint density at radius 3 is 0.747 bits per heavy atom. The minimum Gasteiger partial charge on any atom is -0.462 e. The molecule has 19 heteroatoms. The van der Waals surface area contributed by atoms with E-state index in [9.17, 15) is 43.2 Å². The molecule has 0 aromatic carbocycles. The highest BCUT2D eigenvalue weighted by Gasteiger charge is 2.30. The summed E-state index contributed by atoms with van der Waals surface area (Å²) in [6.07, 6.45) is 50.1. The zero-order valence-corrected chi connectivity index (χ0v) is 64.1. The van der Waals surface area contributed by atoms with Crippen molar-refractivity contribution in [2.24, 2.45) is 23.7 Å². The van der Waals surface area contributed by atoms with Crippen LogP contribution in [0.1, 0.15) is 383 Å². The van der Waals surface area contributed by atoms with E-state index in [4.69, 9.17) is 37.0 Å². The lowest BCUT2D eigenvalue weighted by Crippen LogP contribution is -2.30. The van der Waals surface area contributed by atoms with Gasteiger partial charge < -0.3 is 33.8 Å². The van der Waals surface area contributed by atoms with Crippen molar-refractivity contribution >= 4 is 39.5 Å². The third kappa shape index (κ3) is 67.6. The molecule has 0 aliphatic rings. The van der Waals surface area contributed by atoms with Gasteiger partial charge in [-0.15, -0.1) is 0 Å². The van der Waals surface area contributed by atoms with Gasteiger partial charge in [0.05, 0.1) is 26.4 Å². The third-order valence-corrected chi connectivity index (χ3v) is 20.2. The maximum Gasteiger partial charge on any atom is 0.472 e. The minimum atomic E-state index is -4.96. The van der Waals surface area contributed by atoms with Crippen molar-refractivity contribution in [1.82, 2.24) is 0 Å². The highest BCUT2D eigenvalue weighted by atomic mass is 31.2. The summed E-state index contributed by atoms with van der Waals surface area (Å²) < 4.78 is 68.5. The van der Waals surface area contributed by atoms with Gasteiger partial charge in [-0.2, -0.15) is 0 Å². The van der Waals surface area contributed by atoms with Crippen molar-refractivity contribution in [2.75, 3.05) is 39.6 Å². The van der Waals surface area contributed by atoms with Gasteiger partial charge in [0, 0.05) is 25.7 Å². The first-order chi connectivity index (χ1) is 45.7. The molecule has 0 saturated carbocycles. The van der Waals surface area contributed by atoms with Crippen LogP contribution in [0.25, 0.3) is 0 Å². The molecule has 0 spiro atoms. The maximum atomic E-state index is 13.1. The molecule has 0 saturated heterocycles. The van der Waals surface area contributed by atoms with E-state index in [1.54, 1.807) is 0 Å². The van der Waals surface area contributed by atoms with Gasteiger partial charge in [-0.25, -0.2) is 9.13 Å². The Kier molecular flexibility index (Phi) is 64.0. The summed E-state index contributed by atoms with van der Waals surface area (Å²) in [5.74, 6) is 0.929. The van der Waals surface area contributed by atoms with Gasteiger partial charge in [0.2, 0.25) is 0 Å². The first-order valence-electron chi connectivity index (χ1n) is 39.3. The molecule has 0 aliphatic heterocycles. The number of carbonyl (C=O) groups excluding carboxylic acids is 4. The van der Waals surface area contributed by atoms with Crippen LogP contribution in [0.5, 0.6) is 0 Å². The smallest absolute Gasteiger partial charge is 0.462 e. The number of esters is 4. The lowest BCUT2D eigenvalue weighted by molar-refractivity contribution is -0.161. The number of aliphatic hydroxyl groups is 1.